The maximum atomic E-state index is 11.5. The number of carboxylic acids is 1. The van der Waals surface area contributed by atoms with Crippen LogP contribution < -0.4 is 15.8 Å². The van der Waals surface area contributed by atoms with Gasteiger partial charge in [-0.05, 0) is 18.1 Å². The molecule has 19 heavy (non-hydrogen) atoms. The molecular weight excluding hydrogens is 248 g/mol. The van der Waals surface area contributed by atoms with Gasteiger partial charge in [-0.2, -0.15) is 0 Å². The highest BCUT2D eigenvalue weighted by atomic mass is 16.5. The van der Waals surface area contributed by atoms with Crippen molar-refractivity contribution < 1.29 is 19.4 Å². The molecule has 1 aromatic carbocycles. The van der Waals surface area contributed by atoms with E-state index in [1.807, 2.05) is 25.1 Å². The van der Waals surface area contributed by atoms with Crippen LogP contribution in [0.2, 0.25) is 0 Å². The number of hydrogen-bond donors (Lipinski definition) is 3. The van der Waals surface area contributed by atoms with Crippen LogP contribution in [0.1, 0.15) is 18.1 Å². The molecule has 1 rings (SSSR count). The summed E-state index contributed by atoms with van der Waals surface area (Å²) in [6.45, 7) is 2.20. The molecule has 0 saturated heterocycles. The molecule has 0 aliphatic heterocycles. The summed E-state index contributed by atoms with van der Waals surface area (Å²) in [5, 5.41) is 11.1. The van der Waals surface area contributed by atoms with E-state index in [4.69, 9.17) is 15.6 Å². The maximum Gasteiger partial charge on any atom is 0.330 e. The lowest BCUT2D eigenvalue weighted by Crippen LogP contribution is -2.45. The Hall–Kier alpha value is -2.08. The normalized spacial score (nSPS) is 11.7. The van der Waals surface area contributed by atoms with E-state index in [-0.39, 0.29) is 6.54 Å². The molecule has 1 unspecified atom stereocenters. The molecule has 6 nitrogen and oxygen atoms in total. The number of benzene rings is 1. The highest BCUT2D eigenvalue weighted by Crippen LogP contribution is 2.20. The predicted molar refractivity (Wildman–Crippen MR) is 69.8 cm³/mol. The van der Waals surface area contributed by atoms with Crippen LogP contribution in [-0.4, -0.2) is 30.1 Å². The minimum absolute atomic E-state index is 0.177. The lowest BCUT2D eigenvalue weighted by molar-refractivity contribution is -0.142. The zero-order valence-electron chi connectivity index (χ0n) is 11.0. The van der Waals surface area contributed by atoms with Crippen molar-refractivity contribution in [3.8, 4) is 5.75 Å². The Morgan fingerprint density at radius 1 is 1.47 bits per heavy atom. The van der Waals surface area contributed by atoms with E-state index in [1.54, 1.807) is 0 Å². The number of carbonyl (C=O) groups excluding carboxylic acids is 1. The standard InChI is InChI=1S/C13H18N2O4/c1-3-8-4-5-10(19-2)9(6-8)7-15-12(16)11(14)13(17)18/h4-6,11H,3,7,14H2,1-2H3,(H,15,16)(H,17,18). The third kappa shape index (κ3) is 3.96. The molecule has 1 amide bonds. The number of aliphatic carboxylic acids is 1. The summed E-state index contributed by atoms with van der Waals surface area (Å²) >= 11 is 0. The Labute approximate surface area is 111 Å². The van der Waals surface area contributed by atoms with Crippen LogP contribution in [-0.2, 0) is 22.6 Å². The first-order chi connectivity index (χ1) is 8.99. The van der Waals surface area contributed by atoms with Gasteiger partial charge >= 0.3 is 5.97 Å². The summed E-state index contributed by atoms with van der Waals surface area (Å²) in [5.74, 6) is -1.44. The van der Waals surface area contributed by atoms with Crippen LogP contribution in [0.5, 0.6) is 5.75 Å². The van der Waals surface area contributed by atoms with Crippen molar-refractivity contribution in [1.82, 2.24) is 5.32 Å². The first-order valence-electron chi connectivity index (χ1n) is 5.91. The Morgan fingerprint density at radius 3 is 2.68 bits per heavy atom. The molecule has 1 aromatic rings. The van der Waals surface area contributed by atoms with Crippen LogP contribution in [0.4, 0.5) is 0 Å². The lowest BCUT2D eigenvalue weighted by Gasteiger charge is -2.12. The van der Waals surface area contributed by atoms with E-state index in [0.29, 0.717) is 5.75 Å². The zero-order valence-corrected chi connectivity index (χ0v) is 11.0. The van der Waals surface area contributed by atoms with Crippen LogP contribution in [0.3, 0.4) is 0 Å². The third-order valence-electron chi connectivity index (χ3n) is 2.75. The molecule has 6 heteroatoms. The number of nitrogens with two attached hydrogens (primary N) is 1. The SMILES string of the molecule is CCc1ccc(OC)c(CNC(=O)C(N)C(=O)O)c1. The van der Waals surface area contributed by atoms with Crippen molar-refractivity contribution in [3.63, 3.8) is 0 Å². The molecule has 4 N–H and O–H groups in total. The van der Waals surface area contributed by atoms with Crippen LogP contribution in [0.25, 0.3) is 0 Å². The summed E-state index contributed by atoms with van der Waals surface area (Å²) in [7, 11) is 1.54. The Bertz CT molecular complexity index is 474. The van der Waals surface area contributed by atoms with E-state index < -0.39 is 17.9 Å². The smallest absolute Gasteiger partial charge is 0.330 e. The van der Waals surface area contributed by atoms with Crippen molar-refractivity contribution in [2.75, 3.05) is 7.11 Å². The second kappa shape index (κ2) is 6.75. The zero-order chi connectivity index (χ0) is 14.4. The average molecular weight is 266 g/mol. The van der Waals surface area contributed by atoms with E-state index >= 15 is 0 Å². The summed E-state index contributed by atoms with van der Waals surface area (Å²) in [6, 6.07) is 4.11. The summed E-state index contributed by atoms with van der Waals surface area (Å²) in [5.41, 5.74) is 7.10. The predicted octanol–water partition coefficient (Wildman–Crippen LogP) is 0.286. The average Bonchev–Trinajstić information content (AvgIpc) is 2.43. The Morgan fingerprint density at radius 2 is 2.16 bits per heavy atom. The van der Waals surface area contributed by atoms with Crippen LogP contribution in [0, 0.1) is 0 Å². The number of carbonyl (C=O) groups is 2. The number of hydrogen-bond acceptors (Lipinski definition) is 4. The van der Waals surface area contributed by atoms with Gasteiger partial charge < -0.3 is 20.9 Å². The summed E-state index contributed by atoms with van der Waals surface area (Å²) < 4.78 is 5.19. The molecule has 0 aliphatic carbocycles. The molecule has 0 bridgehead atoms. The number of nitrogens with one attached hydrogen (secondary N) is 1. The maximum absolute atomic E-state index is 11.5. The second-order valence-corrected chi connectivity index (χ2v) is 4.03. The highest BCUT2D eigenvalue weighted by molar-refractivity contribution is 6.00. The number of rotatable bonds is 6. The molecule has 0 aromatic heterocycles. The fourth-order valence-electron chi connectivity index (χ4n) is 1.59. The number of aryl methyl sites for hydroxylation is 1. The fourth-order valence-corrected chi connectivity index (χ4v) is 1.59. The largest absolute Gasteiger partial charge is 0.496 e. The minimum atomic E-state index is -1.56. The van der Waals surface area contributed by atoms with E-state index in [1.165, 1.54) is 7.11 Å². The Kier molecular flexibility index (Phi) is 5.32. The van der Waals surface area contributed by atoms with Gasteiger partial charge in [0.1, 0.15) is 5.75 Å². The monoisotopic (exact) mass is 266 g/mol. The van der Waals surface area contributed by atoms with Gasteiger partial charge in [0.05, 0.1) is 7.11 Å². The first kappa shape index (κ1) is 15.0. The van der Waals surface area contributed by atoms with Gasteiger partial charge in [0.2, 0.25) is 5.91 Å². The van der Waals surface area contributed by atoms with Gasteiger partial charge in [0, 0.05) is 12.1 Å². The molecule has 0 fully saturated rings. The third-order valence-corrected chi connectivity index (χ3v) is 2.75. The van der Waals surface area contributed by atoms with Gasteiger partial charge in [-0.3, -0.25) is 4.79 Å². The van der Waals surface area contributed by atoms with Crippen molar-refractivity contribution in [1.29, 1.82) is 0 Å². The van der Waals surface area contributed by atoms with E-state index in [9.17, 15) is 9.59 Å². The molecule has 0 aliphatic rings. The lowest BCUT2D eigenvalue weighted by atomic mass is 10.1. The number of methoxy groups -OCH3 is 1. The molecule has 104 valence electrons. The summed E-state index contributed by atoms with van der Waals surface area (Å²) in [6.07, 6.45) is 0.861. The quantitative estimate of drug-likeness (QED) is 0.642. The number of ether oxygens (including phenoxy) is 1. The van der Waals surface area contributed by atoms with Crippen molar-refractivity contribution in [2.24, 2.45) is 5.73 Å². The van der Waals surface area contributed by atoms with Crippen molar-refractivity contribution in [2.45, 2.75) is 25.9 Å². The molecule has 0 saturated carbocycles. The van der Waals surface area contributed by atoms with Gasteiger partial charge in [0.25, 0.3) is 0 Å². The van der Waals surface area contributed by atoms with Crippen molar-refractivity contribution in [3.05, 3.63) is 29.3 Å². The summed E-state index contributed by atoms with van der Waals surface area (Å²) in [4.78, 5) is 22.0. The number of carboxylic acid groups (broad SMARTS) is 1. The minimum Gasteiger partial charge on any atom is -0.496 e. The van der Waals surface area contributed by atoms with Gasteiger partial charge in [-0.25, -0.2) is 4.79 Å². The van der Waals surface area contributed by atoms with E-state index in [0.717, 1.165) is 17.5 Å². The molecule has 1 atom stereocenters. The highest BCUT2D eigenvalue weighted by Gasteiger charge is 2.20. The van der Waals surface area contributed by atoms with E-state index in [2.05, 4.69) is 5.32 Å². The van der Waals surface area contributed by atoms with Gasteiger partial charge in [0.15, 0.2) is 6.04 Å². The molecular formula is C13H18N2O4. The van der Waals surface area contributed by atoms with Gasteiger partial charge in [-0.15, -0.1) is 0 Å². The molecule has 0 spiro atoms. The fraction of sp³-hybridized carbons (Fsp3) is 0.385. The van der Waals surface area contributed by atoms with Crippen molar-refractivity contribution >= 4 is 11.9 Å². The first-order valence-corrected chi connectivity index (χ1v) is 5.91. The Balaban J connectivity index is 2.76. The topological polar surface area (TPSA) is 102 Å². The molecule has 0 heterocycles. The van der Waals surface area contributed by atoms with Crippen LogP contribution >= 0.6 is 0 Å². The second-order valence-electron chi connectivity index (χ2n) is 4.03. The van der Waals surface area contributed by atoms with Gasteiger partial charge in [-0.1, -0.05) is 19.1 Å². The number of amides is 1. The van der Waals surface area contributed by atoms with Crippen LogP contribution in [0.15, 0.2) is 18.2 Å². The molecule has 0 radical (unpaired) electrons.